The fraction of sp³-hybridized carbons (Fsp3) is 0.462. The monoisotopic (exact) mass is 269 g/mol. The standard InChI is InChI=1S/C13H14F3N3/c14-13(15,16)10-1-2-12(11(18)7-10)19-5-3-9(8-17)4-6-19/h1-2,7,9H,3-6,18H2. The SMILES string of the molecule is N#CC1CCN(c2ccc(C(F)(F)F)cc2N)CC1. The maximum absolute atomic E-state index is 12.5. The fourth-order valence-corrected chi connectivity index (χ4v) is 2.27. The molecular formula is C13H14F3N3. The van der Waals surface area contributed by atoms with Gasteiger partial charge in [0.1, 0.15) is 0 Å². The van der Waals surface area contributed by atoms with Crippen LogP contribution in [-0.2, 0) is 6.18 Å². The quantitative estimate of drug-likeness (QED) is 0.797. The first-order valence-electron chi connectivity index (χ1n) is 6.03. The first-order chi connectivity index (χ1) is 8.91. The zero-order valence-corrected chi connectivity index (χ0v) is 10.2. The van der Waals surface area contributed by atoms with Crippen LogP contribution >= 0.6 is 0 Å². The Hall–Kier alpha value is -1.90. The van der Waals surface area contributed by atoms with E-state index in [4.69, 9.17) is 11.0 Å². The average Bonchev–Trinajstić information content (AvgIpc) is 2.38. The van der Waals surface area contributed by atoms with Crippen LogP contribution in [0.1, 0.15) is 18.4 Å². The van der Waals surface area contributed by atoms with Gasteiger partial charge in [-0.1, -0.05) is 0 Å². The van der Waals surface area contributed by atoms with Crippen molar-refractivity contribution in [1.29, 1.82) is 5.26 Å². The minimum absolute atomic E-state index is 0.0342. The van der Waals surface area contributed by atoms with Gasteiger partial charge < -0.3 is 10.6 Å². The van der Waals surface area contributed by atoms with Gasteiger partial charge in [-0.05, 0) is 31.0 Å². The van der Waals surface area contributed by atoms with Gasteiger partial charge in [-0.15, -0.1) is 0 Å². The second-order valence-electron chi connectivity index (χ2n) is 4.66. The van der Waals surface area contributed by atoms with Crippen LogP contribution in [-0.4, -0.2) is 13.1 Å². The second kappa shape index (κ2) is 5.00. The normalized spacial score (nSPS) is 17.3. The molecule has 19 heavy (non-hydrogen) atoms. The van der Waals surface area contributed by atoms with Crippen LogP contribution in [0.4, 0.5) is 24.5 Å². The van der Waals surface area contributed by atoms with E-state index in [1.54, 1.807) is 0 Å². The predicted molar refractivity (Wildman–Crippen MR) is 66.4 cm³/mol. The molecule has 2 N–H and O–H groups in total. The number of nitrogen functional groups attached to an aromatic ring is 1. The third-order valence-electron chi connectivity index (χ3n) is 3.37. The van der Waals surface area contributed by atoms with Crippen LogP contribution < -0.4 is 10.6 Å². The summed E-state index contributed by atoms with van der Waals surface area (Å²) in [5, 5.41) is 8.81. The highest BCUT2D eigenvalue weighted by molar-refractivity contribution is 5.68. The molecule has 1 aliphatic rings. The van der Waals surface area contributed by atoms with E-state index in [1.165, 1.54) is 6.07 Å². The summed E-state index contributed by atoms with van der Waals surface area (Å²) in [5.41, 5.74) is 5.72. The van der Waals surface area contributed by atoms with E-state index in [9.17, 15) is 13.2 Å². The number of hydrogen-bond donors (Lipinski definition) is 1. The van der Waals surface area contributed by atoms with E-state index >= 15 is 0 Å². The van der Waals surface area contributed by atoms with Crippen LogP contribution in [0.2, 0.25) is 0 Å². The molecule has 102 valence electrons. The van der Waals surface area contributed by atoms with Crippen molar-refractivity contribution in [3.8, 4) is 6.07 Å². The molecule has 0 atom stereocenters. The molecule has 2 rings (SSSR count). The van der Waals surface area contributed by atoms with Crippen molar-refractivity contribution in [2.45, 2.75) is 19.0 Å². The second-order valence-corrected chi connectivity index (χ2v) is 4.66. The van der Waals surface area contributed by atoms with Crippen molar-refractivity contribution in [1.82, 2.24) is 0 Å². The molecule has 0 bridgehead atoms. The molecule has 0 amide bonds. The zero-order valence-electron chi connectivity index (χ0n) is 10.2. The van der Waals surface area contributed by atoms with Crippen molar-refractivity contribution >= 4 is 11.4 Å². The molecule has 0 aliphatic carbocycles. The summed E-state index contributed by atoms with van der Waals surface area (Å²) in [4.78, 5) is 1.93. The summed E-state index contributed by atoms with van der Waals surface area (Å²) in [7, 11) is 0. The average molecular weight is 269 g/mol. The number of nitrogens with two attached hydrogens (primary N) is 1. The van der Waals surface area contributed by atoms with Gasteiger partial charge in [0.05, 0.1) is 23.0 Å². The van der Waals surface area contributed by atoms with Crippen molar-refractivity contribution in [3.05, 3.63) is 23.8 Å². The molecule has 0 aromatic heterocycles. The number of benzene rings is 1. The maximum atomic E-state index is 12.5. The molecule has 1 saturated heterocycles. The van der Waals surface area contributed by atoms with E-state index in [1.807, 2.05) is 4.90 Å². The summed E-state index contributed by atoms with van der Waals surface area (Å²) in [6.07, 6.45) is -2.94. The highest BCUT2D eigenvalue weighted by Gasteiger charge is 2.31. The van der Waals surface area contributed by atoms with E-state index in [0.717, 1.165) is 25.0 Å². The fourth-order valence-electron chi connectivity index (χ4n) is 2.27. The highest BCUT2D eigenvalue weighted by atomic mass is 19.4. The van der Waals surface area contributed by atoms with Crippen molar-refractivity contribution < 1.29 is 13.2 Å². The van der Waals surface area contributed by atoms with E-state index in [0.29, 0.717) is 18.8 Å². The molecule has 1 aromatic carbocycles. The molecule has 1 heterocycles. The molecular weight excluding hydrogens is 255 g/mol. The highest BCUT2D eigenvalue weighted by Crippen LogP contribution is 2.35. The first kappa shape index (κ1) is 13.5. The smallest absolute Gasteiger partial charge is 0.397 e. The molecule has 6 heteroatoms. The Morgan fingerprint density at radius 2 is 1.89 bits per heavy atom. The summed E-state index contributed by atoms with van der Waals surface area (Å²) in [5.74, 6) is 0.0342. The van der Waals surface area contributed by atoms with Gasteiger partial charge in [0, 0.05) is 19.0 Å². The molecule has 0 saturated carbocycles. The minimum Gasteiger partial charge on any atom is -0.397 e. The Balaban J connectivity index is 2.17. The molecule has 0 spiro atoms. The molecule has 1 aliphatic heterocycles. The van der Waals surface area contributed by atoms with Gasteiger partial charge in [0.2, 0.25) is 0 Å². The van der Waals surface area contributed by atoms with E-state index < -0.39 is 11.7 Å². The maximum Gasteiger partial charge on any atom is 0.416 e. The summed E-state index contributed by atoms with van der Waals surface area (Å²) >= 11 is 0. The topological polar surface area (TPSA) is 53.0 Å². The number of nitrogens with zero attached hydrogens (tertiary/aromatic N) is 2. The van der Waals surface area contributed by atoms with Crippen molar-refractivity contribution in [2.24, 2.45) is 5.92 Å². The zero-order chi connectivity index (χ0) is 14.0. The molecule has 0 unspecified atom stereocenters. The van der Waals surface area contributed by atoms with Crippen LogP contribution in [0.15, 0.2) is 18.2 Å². The summed E-state index contributed by atoms with van der Waals surface area (Å²) in [6, 6.07) is 5.63. The third-order valence-corrected chi connectivity index (χ3v) is 3.37. The summed E-state index contributed by atoms with van der Waals surface area (Å²) in [6.45, 7) is 1.29. The van der Waals surface area contributed by atoms with Crippen LogP contribution in [0.5, 0.6) is 0 Å². The van der Waals surface area contributed by atoms with Gasteiger partial charge in [-0.2, -0.15) is 18.4 Å². The van der Waals surface area contributed by atoms with Crippen molar-refractivity contribution in [3.63, 3.8) is 0 Å². The Kier molecular flexibility index (Phi) is 3.56. The van der Waals surface area contributed by atoms with Gasteiger partial charge in [-0.3, -0.25) is 0 Å². The van der Waals surface area contributed by atoms with E-state index in [-0.39, 0.29) is 11.6 Å². The van der Waals surface area contributed by atoms with Crippen LogP contribution in [0.25, 0.3) is 0 Å². The Labute approximate surface area is 109 Å². The lowest BCUT2D eigenvalue weighted by Gasteiger charge is -2.32. The lowest BCUT2D eigenvalue weighted by Crippen LogP contribution is -2.33. The van der Waals surface area contributed by atoms with Gasteiger partial charge in [-0.25, -0.2) is 0 Å². The van der Waals surface area contributed by atoms with Crippen LogP contribution in [0.3, 0.4) is 0 Å². The van der Waals surface area contributed by atoms with Gasteiger partial charge >= 0.3 is 6.18 Å². The number of halogens is 3. The summed E-state index contributed by atoms with van der Waals surface area (Å²) < 4.78 is 37.6. The lowest BCUT2D eigenvalue weighted by atomic mass is 9.98. The van der Waals surface area contributed by atoms with E-state index in [2.05, 4.69) is 6.07 Å². The molecule has 1 aromatic rings. The predicted octanol–water partition coefficient (Wildman–Crippen LogP) is 3.03. The lowest BCUT2D eigenvalue weighted by molar-refractivity contribution is -0.137. The number of alkyl halides is 3. The molecule has 0 radical (unpaired) electrons. The number of nitriles is 1. The van der Waals surface area contributed by atoms with Gasteiger partial charge in [0.25, 0.3) is 0 Å². The number of rotatable bonds is 1. The number of hydrogen-bond acceptors (Lipinski definition) is 3. The van der Waals surface area contributed by atoms with Crippen molar-refractivity contribution in [2.75, 3.05) is 23.7 Å². The molecule has 1 fully saturated rings. The first-order valence-corrected chi connectivity index (χ1v) is 6.03. The Morgan fingerprint density at radius 3 is 2.37 bits per heavy atom. The Bertz CT molecular complexity index is 497. The Morgan fingerprint density at radius 1 is 1.26 bits per heavy atom. The van der Waals surface area contributed by atoms with Crippen LogP contribution in [0, 0.1) is 17.2 Å². The largest absolute Gasteiger partial charge is 0.416 e. The van der Waals surface area contributed by atoms with Gasteiger partial charge in [0.15, 0.2) is 0 Å². The minimum atomic E-state index is -4.37. The third kappa shape index (κ3) is 2.92. The molecule has 3 nitrogen and oxygen atoms in total. The number of anilines is 2. The number of piperidine rings is 1.